The highest BCUT2D eigenvalue weighted by Gasteiger charge is 2.10. The lowest BCUT2D eigenvalue weighted by Crippen LogP contribution is -2.19. The maximum absolute atomic E-state index is 11.6. The Labute approximate surface area is 91.0 Å². The fourth-order valence-electron chi connectivity index (χ4n) is 1.31. The largest absolute Gasteiger partial charge is 0.321 e. The van der Waals surface area contributed by atoms with E-state index in [1.165, 1.54) is 11.0 Å². The average Bonchev–Trinajstić information content (AvgIpc) is 2.83. The summed E-state index contributed by atoms with van der Waals surface area (Å²) in [6.45, 7) is 3.74. The van der Waals surface area contributed by atoms with E-state index < -0.39 is 0 Å². The van der Waals surface area contributed by atoms with Crippen molar-refractivity contribution in [2.45, 2.75) is 20.4 Å². The van der Waals surface area contributed by atoms with Crippen LogP contribution in [-0.2, 0) is 11.3 Å². The molecule has 0 radical (unpaired) electrons. The summed E-state index contributed by atoms with van der Waals surface area (Å²) in [5.41, 5.74) is 2.28. The van der Waals surface area contributed by atoms with E-state index in [9.17, 15) is 4.79 Å². The summed E-state index contributed by atoms with van der Waals surface area (Å²) in [6, 6.07) is 0. The van der Waals surface area contributed by atoms with Gasteiger partial charge in [-0.05, 0) is 24.3 Å². The van der Waals surface area contributed by atoms with Gasteiger partial charge in [0.15, 0.2) is 0 Å². The number of aromatic amines is 1. The molecule has 0 unspecified atom stereocenters. The molecule has 0 saturated heterocycles. The number of hydrogen-bond acceptors (Lipinski definition) is 5. The maximum atomic E-state index is 11.6. The van der Waals surface area contributed by atoms with Gasteiger partial charge in [0.05, 0.1) is 17.1 Å². The van der Waals surface area contributed by atoms with Crippen molar-refractivity contribution in [3.63, 3.8) is 0 Å². The molecule has 2 rings (SSSR count). The Bertz CT molecular complexity index is 467. The number of carbonyl (C=O) groups is 1. The zero-order chi connectivity index (χ0) is 11.5. The van der Waals surface area contributed by atoms with Crippen LogP contribution < -0.4 is 5.32 Å². The van der Waals surface area contributed by atoms with Crippen LogP contribution in [0.1, 0.15) is 11.4 Å². The van der Waals surface area contributed by atoms with Crippen molar-refractivity contribution in [1.29, 1.82) is 0 Å². The lowest BCUT2D eigenvalue weighted by atomic mass is 10.3. The summed E-state index contributed by atoms with van der Waals surface area (Å²) in [5.74, 6) is -0.195. The number of H-pyrrole nitrogens is 1. The van der Waals surface area contributed by atoms with Crippen LogP contribution in [0.4, 0.5) is 5.69 Å². The van der Waals surface area contributed by atoms with Crippen LogP contribution in [0.15, 0.2) is 6.33 Å². The lowest BCUT2D eigenvalue weighted by Gasteiger charge is -2.04. The first-order valence-corrected chi connectivity index (χ1v) is 4.69. The molecule has 2 heterocycles. The number of anilines is 1. The van der Waals surface area contributed by atoms with Gasteiger partial charge in [0.1, 0.15) is 12.9 Å². The van der Waals surface area contributed by atoms with E-state index in [-0.39, 0.29) is 12.5 Å². The Kier molecular flexibility index (Phi) is 2.63. The molecule has 16 heavy (non-hydrogen) atoms. The average molecular weight is 221 g/mol. The Morgan fingerprint density at radius 1 is 1.56 bits per heavy atom. The number of tetrazole rings is 1. The van der Waals surface area contributed by atoms with Crippen LogP contribution in [0.2, 0.25) is 0 Å². The number of rotatable bonds is 3. The summed E-state index contributed by atoms with van der Waals surface area (Å²) in [4.78, 5) is 11.6. The van der Waals surface area contributed by atoms with E-state index in [1.807, 2.05) is 13.8 Å². The smallest absolute Gasteiger partial charge is 0.246 e. The number of carbonyl (C=O) groups excluding carboxylic acids is 1. The van der Waals surface area contributed by atoms with Gasteiger partial charge >= 0.3 is 0 Å². The second-order valence-corrected chi connectivity index (χ2v) is 3.36. The van der Waals surface area contributed by atoms with Gasteiger partial charge in [-0.1, -0.05) is 0 Å². The van der Waals surface area contributed by atoms with Crippen molar-refractivity contribution in [3.8, 4) is 0 Å². The fourth-order valence-corrected chi connectivity index (χ4v) is 1.31. The number of nitrogens with one attached hydrogen (secondary N) is 2. The predicted octanol–water partition coefficient (Wildman–Crippen LogP) is -0.348. The molecule has 0 spiro atoms. The van der Waals surface area contributed by atoms with Gasteiger partial charge in [0.2, 0.25) is 5.91 Å². The highest BCUT2D eigenvalue weighted by atomic mass is 16.2. The van der Waals surface area contributed by atoms with Gasteiger partial charge < -0.3 is 5.32 Å². The number of amides is 1. The number of nitrogens with zero attached hydrogens (tertiary/aromatic N) is 5. The van der Waals surface area contributed by atoms with E-state index in [1.54, 1.807) is 0 Å². The van der Waals surface area contributed by atoms with E-state index >= 15 is 0 Å². The predicted molar refractivity (Wildman–Crippen MR) is 54.5 cm³/mol. The van der Waals surface area contributed by atoms with Crippen molar-refractivity contribution < 1.29 is 4.79 Å². The molecular weight excluding hydrogens is 210 g/mol. The molecule has 8 nitrogen and oxygen atoms in total. The second kappa shape index (κ2) is 4.09. The first kappa shape index (κ1) is 10.3. The Morgan fingerprint density at radius 2 is 2.38 bits per heavy atom. The van der Waals surface area contributed by atoms with Gasteiger partial charge in [-0.2, -0.15) is 5.10 Å². The number of aromatic nitrogens is 6. The van der Waals surface area contributed by atoms with E-state index in [2.05, 4.69) is 31.0 Å². The standard InChI is InChI=1S/C8H11N7O/c1-5-8(6(2)12-11-5)10-7(16)3-15-4-9-13-14-15/h4H,3H2,1-2H3,(H,10,16)(H,11,12). The summed E-state index contributed by atoms with van der Waals surface area (Å²) >= 11 is 0. The molecule has 8 heteroatoms. The molecule has 2 aromatic rings. The molecule has 1 amide bonds. The molecule has 84 valence electrons. The van der Waals surface area contributed by atoms with Crippen molar-refractivity contribution in [2.75, 3.05) is 5.32 Å². The molecule has 0 aliphatic heterocycles. The van der Waals surface area contributed by atoms with Crippen LogP contribution in [0, 0.1) is 13.8 Å². The Balaban J connectivity index is 2.03. The minimum Gasteiger partial charge on any atom is -0.321 e. The number of hydrogen-bond donors (Lipinski definition) is 2. The minimum atomic E-state index is -0.195. The Hall–Kier alpha value is -2.25. The van der Waals surface area contributed by atoms with Crippen LogP contribution in [0.5, 0.6) is 0 Å². The summed E-state index contributed by atoms with van der Waals surface area (Å²) in [5, 5.41) is 20.0. The Morgan fingerprint density at radius 3 is 2.94 bits per heavy atom. The summed E-state index contributed by atoms with van der Waals surface area (Å²) < 4.78 is 1.35. The van der Waals surface area contributed by atoms with Crippen LogP contribution >= 0.6 is 0 Å². The van der Waals surface area contributed by atoms with Gasteiger partial charge in [-0.3, -0.25) is 9.89 Å². The zero-order valence-corrected chi connectivity index (χ0v) is 8.93. The highest BCUT2D eigenvalue weighted by Crippen LogP contribution is 2.15. The fraction of sp³-hybridized carbons (Fsp3) is 0.375. The first-order valence-electron chi connectivity index (χ1n) is 4.69. The molecule has 0 atom stereocenters. The SMILES string of the molecule is Cc1n[nH]c(C)c1NC(=O)Cn1cnnn1. The molecule has 0 bridgehead atoms. The van der Waals surface area contributed by atoms with Crippen molar-refractivity contribution >= 4 is 11.6 Å². The molecule has 0 aliphatic carbocycles. The third kappa shape index (κ3) is 2.05. The van der Waals surface area contributed by atoms with Gasteiger partial charge in [0, 0.05) is 0 Å². The third-order valence-electron chi connectivity index (χ3n) is 2.09. The third-order valence-corrected chi connectivity index (χ3v) is 2.09. The molecule has 2 aromatic heterocycles. The van der Waals surface area contributed by atoms with E-state index in [0.29, 0.717) is 5.69 Å². The maximum Gasteiger partial charge on any atom is 0.246 e. The summed E-state index contributed by atoms with van der Waals surface area (Å²) in [6.07, 6.45) is 1.38. The van der Waals surface area contributed by atoms with Gasteiger partial charge in [-0.25, -0.2) is 4.68 Å². The minimum absolute atomic E-state index is 0.0804. The zero-order valence-electron chi connectivity index (χ0n) is 8.93. The molecule has 0 aromatic carbocycles. The molecular formula is C8H11N7O. The van der Waals surface area contributed by atoms with E-state index in [0.717, 1.165) is 11.4 Å². The lowest BCUT2D eigenvalue weighted by molar-refractivity contribution is -0.116. The molecule has 0 aliphatic rings. The van der Waals surface area contributed by atoms with Crippen molar-refractivity contribution in [3.05, 3.63) is 17.7 Å². The van der Waals surface area contributed by atoms with Crippen LogP contribution in [0.3, 0.4) is 0 Å². The monoisotopic (exact) mass is 221 g/mol. The molecule has 0 fully saturated rings. The van der Waals surface area contributed by atoms with Gasteiger partial charge in [-0.15, -0.1) is 5.10 Å². The van der Waals surface area contributed by atoms with Gasteiger partial charge in [0.25, 0.3) is 0 Å². The quantitative estimate of drug-likeness (QED) is 0.737. The first-order chi connectivity index (χ1) is 7.66. The molecule has 2 N–H and O–H groups in total. The normalized spacial score (nSPS) is 10.4. The highest BCUT2D eigenvalue weighted by molar-refractivity contribution is 5.91. The van der Waals surface area contributed by atoms with Crippen molar-refractivity contribution in [1.82, 2.24) is 30.4 Å². The topological polar surface area (TPSA) is 101 Å². The van der Waals surface area contributed by atoms with Crippen LogP contribution in [-0.4, -0.2) is 36.3 Å². The number of aryl methyl sites for hydroxylation is 2. The van der Waals surface area contributed by atoms with Crippen LogP contribution in [0.25, 0.3) is 0 Å². The second-order valence-electron chi connectivity index (χ2n) is 3.36. The molecule has 0 saturated carbocycles. The van der Waals surface area contributed by atoms with Crippen molar-refractivity contribution in [2.24, 2.45) is 0 Å². The summed E-state index contributed by atoms with van der Waals surface area (Å²) in [7, 11) is 0. The van der Waals surface area contributed by atoms with E-state index in [4.69, 9.17) is 0 Å².